The van der Waals surface area contributed by atoms with Gasteiger partial charge in [0.1, 0.15) is 6.04 Å². The highest BCUT2D eigenvalue weighted by Gasteiger charge is 2.36. The van der Waals surface area contributed by atoms with Crippen molar-refractivity contribution in [1.29, 1.82) is 0 Å². The molecule has 6 nitrogen and oxygen atoms in total. The maximum absolute atomic E-state index is 12.0. The van der Waals surface area contributed by atoms with Crippen molar-refractivity contribution in [2.75, 3.05) is 18.4 Å². The zero-order chi connectivity index (χ0) is 15.6. The predicted octanol–water partition coefficient (Wildman–Crippen LogP) is 1.45. The van der Waals surface area contributed by atoms with E-state index >= 15 is 0 Å². The third-order valence-electron chi connectivity index (χ3n) is 3.22. The molecule has 1 aromatic carbocycles. The van der Waals surface area contributed by atoms with Gasteiger partial charge in [0.25, 0.3) is 0 Å². The van der Waals surface area contributed by atoms with Crippen LogP contribution < -0.4 is 5.32 Å². The number of carboxylic acid groups (broad SMARTS) is 1. The number of nitrogens with zero attached hydrogens (tertiary/aromatic N) is 1. The summed E-state index contributed by atoms with van der Waals surface area (Å²) in [5, 5.41) is 21.9. The molecule has 0 aliphatic carbocycles. The number of benzene rings is 1. The molecule has 2 rings (SSSR count). The number of rotatable bonds is 4. The van der Waals surface area contributed by atoms with Crippen LogP contribution in [0.2, 0.25) is 10.0 Å². The van der Waals surface area contributed by atoms with E-state index in [2.05, 4.69) is 5.32 Å². The quantitative estimate of drug-likeness (QED) is 0.776. The zero-order valence-corrected chi connectivity index (χ0v) is 12.4. The number of likely N-dealkylation sites (tertiary alicyclic amines) is 1. The van der Waals surface area contributed by atoms with Gasteiger partial charge >= 0.3 is 5.97 Å². The van der Waals surface area contributed by atoms with Gasteiger partial charge in [-0.25, -0.2) is 0 Å². The molecular formula is C13H14Cl2N2O4. The van der Waals surface area contributed by atoms with Crippen LogP contribution in [-0.4, -0.2) is 52.2 Å². The summed E-state index contributed by atoms with van der Waals surface area (Å²) in [6, 6.07) is 3.80. The predicted molar refractivity (Wildman–Crippen MR) is 78.7 cm³/mol. The minimum Gasteiger partial charge on any atom is -0.480 e. The number of β-amino-alcohol motifs (C(OH)–C–C–N with tert-alkyl or cyclic N) is 1. The van der Waals surface area contributed by atoms with Gasteiger partial charge in [0.05, 0.1) is 23.4 Å². The van der Waals surface area contributed by atoms with E-state index in [1.807, 2.05) is 0 Å². The van der Waals surface area contributed by atoms with Gasteiger partial charge in [-0.05, 0) is 18.2 Å². The molecule has 114 valence electrons. The molecule has 21 heavy (non-hydrogen) atoms. The van der Waals surface area contributed by atoms with E-state index in [1.165, 1.54) is 11.0 Å². The number of amides is 1. The molecule has 2 unspecified atom stereocenters. The number of aliphatic hydroxyl groups is 1. The Morgan fingerprint density at radius 1 is 1.38 bits per heavy atom. The van der Waals surface area contributed by atoms with Gasteiger partial charge < -0.3 is 15.5 Å². The summed E-state index contributed by atoms with van der Waals surface area (Å²) >= 11 is 11.8. The van der Waals surface area contributed by atoms with Gasteiger partial charge in [-0.15, -0.1) is 0 Å². The minimum atomic E-state index is -1.06. The van der Waals surface area contributed by atoms with Crippen LogP contribution in [0.3, 0.4) is 0 Å². The van der Waals surface area contributed by atoms with E-state index in [4.69, 9.17) is 28.3 Å². The first kappa shape index (κ1) is 16.0. The fraction of sp³-hybridized carbons (Fsp3) is 0.385. The number of hydrogen-bond donors (Lipinski definition) is 3. The van der Waals surface area contributed by atoms with Crippen LogP contribution in [0.15, 0.2) is 18.2 Å². The first-order valence-corrected chi connectivity index (χ1v) is 7.02. The molecule has 0 saturated carbocycles. The minimum absolute atomic E-state index is 0.112. The lowest BCUT2D eigenvalue weighted by Crippen LogP contribution is -2.41. The second kappa shape index (κ2) is 6.62. The monoisotopic (exact) mass is 332 g/mol. The van der Waals surface area contributed by atoms with E-state index in [9.17, 15) is 14.7 Å². The van der Waals surface area contributed by atoms with Gasteiger partial charge in [0.15, 0.2) is 0 Å². The van der Waals surface area contributed by atoms with Crippen molar-refractivity contribution in [3.05, 3.63) is 28.2 Å². The van der Waals surface area contributed by atoms with Crippen molar-refractivity contribution < 1.29 is 19.8 Å². The Morgan fingerprint density at radius 2 is 2.10 bits per heavy atom. The average molecular weight is 333 g/mol. The summed E-state index contributed by atoms with van der Waals surface area (Å²) in [5.74, 6) is -1.47. The van der Waals surface area contributed by atoms with Crippen LogP contribution in [0, 0.1) is 0 Å². The Morgan fingerprint density at radius 3 is 2.76 bits per heavy atom. The number of carboxylic acids is 1. The van der Waals surface area contributed by atoms with E-state index < -0.39 is 24.0 Å². The molecule has 1 fully saturated rings. The maximum Gasteiger partial charge on any atom is 0.321 e. The summed E-state index contributed by atoms with van der Waals surface area (Å²) in [6.45, 7) is 0.00450. The normalized spacial score (nSPS) is 22.2. The highest BCUT2D eigenvalue weighted by Crippen LogP contribution is 2.25. The largest absolute Gasteiger partial charge is 0.480 e. The number of anilines is 1. The van der Waals surface area contributed by atoms with Crippen molar-refractivity contribution in [1.82, 2.24) is 4.90 Å². The van der Waals surface area contributed by atoms with Crippen molar-refractivity contribution in [2.45, 2.75) is 18.6 Å². The molecule has 0 radical (unpaired) electrons. The third kappa shape index (κ3) is 4.07. The molecule has 1 aliphatic rings. The van der Waals surface area contributed by atoms with Gasteiger partial charge in [0, 0.05) is 18.0 Å². The molecule has 0 aromatic heterocycles. The molecule has 8 heteroatoms. The van der Waals surface area contributed by atoms with Gasteiger partial charge in [0.2, 0.25) is 5.91 Å². The molecule has 0 bridgehead atoms. The number of hydrogen-bond acceptors (Lipinski definition) is 4. The van der Waals surface area contributed by atoms with Crippen LogP contribution in [0.4, 0.5) is 5.69 Å². The van der Waals surface area contributed by atoms with Crippen molar-refractivity contribution in [2.24, 2.45) is 0 Å². The Balaban J connectivity index is 2.01. The highest BCUT2D eigenvalue weighted by molar-refractivity contribution is 6.35. The first-order chi connectivity index (χ1) is 9.86. The average Bonchev–Trinajstić information content (AvgIpc) is 2.75. The van der Waals surface area contributed by atoms with Crippen LogP contribution in [0.1, 0.15) is 6.42 Å². The second-order valence-electron chi connectivity index (χ2n) is 4.85. The SMILES string of the molecule is O=C(CN1CC(O)CC1C(=O)O)Nc1cc(Cl)ccc1Cl. The number of carbonyl (C=O) groups is 2. The van der Waals surface area contributed by atoms with Crippen LogP contribution in [0.5, 0.6) is 0 Å². The first-order valence-electron chi connectivity index (χ1n) is 6.26. The summed E-state index contributed by atoms with van der Waals surface area (Å²) in [7, 11) is 0. The Labute approximate surface area is 131 Å². The molecule has 1 heterocycles. The number of carbonyl (C=O) groups excluding carboxylic acids is 1. The van der Waals surface area contributed by atoms with Crippen molar-refractivity contribution in [3.63, 3.8) is 0 Å². The number of nitrogens with one attached hydrogen (secondary N) is 1. The molecule has 1 aliphatic heterocycles. The summed E-state index contributed by atoms with van der Waals surface area (Å²) in [4.78, 5) is 24.5. The van der Waals surface area contributed by atoms with E-state index in [0.717, 1.165) is 0 Å². The number of aliphatic hydroxyl groups excluding tert-OH is 1. The van der Waals surface area contributed by atoms with Crippen LogP contribution in [-0.2, 0) is 9.59 Å². The van der Waals surface area contributed by atoms with Crippen LogP contribution in [0.25, 0.3) is 0 Å². The summed E-state index contributed by atoms with van der Waals surface area (Å²) in [6.07, 6.45) is -0.630. The summed E-state index contributed by atoms with van der Waals surface area (Å²) < 4.78 is 0. The molecule has 2 atom stereocenters. The topological polar surface area (TPSA) is 89.9 Å². The van der Waals surface area contributed by atoms with Gasteiger partial charge in [-0.1, -0.05) is 23.2 Å². The Bertz CT molecular complexity index is 567. The van der Waals surface area contributed by atoms with Gasteiger partial charge in [-0.3, -0.25) is 14.5 Å². The number of aliphatic carboxylic acids is 1. The molecular weight excluding hydrogens is 319 g/mol. The van der Waals surface area contributed by atoms with Gasteiger partial charge in [-0.2, -0.15) is 0 Å². The smallest absolute Gasteiger partial charge is 0.321 e. The molecule has 1 aromatic rings. The Hall–Kier alpha value is -1.34. The number of halogens is 2. The molecule has 3 N–H and O–H groups in total. The summed E-state index contributed by atoms with van der Waals surface area (Å²) in [5.41, 5.74) is 0.362. The Kier molecular flexibility index (Phi) is 5.05. The third-order valence-corrected chi connectivity index (χ3v) is 3.78. The van der Waals surface area contributed by atoms with E-state index in [1.54, 1.807) is 12.1 Å². The highest BCUT2D eigenvalue weighted by atomic mass is 35.5. The fourth-order valence-corrected chi connectivity index (χ4v) is 2.62. The molecule has 1 amide bonds. The van der Waals surface area contributed by atoms with E-state index in [0.29, 0.717) is 15.7 Å². The molecule has 0 spiro atoms. The van der Waals surface area contributed by atoms with Crippen molar-refractivity contribution in [3.8, 4) is 0 Å². The zero-order valence-electron chi connectivity index (χ0n) is 10.9. The fourth-order valence-electron chi connectivity index (χ4n) is 2.28. The lowest BCUT2D eigenvalue weighted by molar-refractivity contribution is -0.142. The standard InChI is InChI=1S/C13H14Cl2N2O4/c14-7-1-2-9(15)10(3-7)16-12(19)6-17-5-8(18)4-11(17)13(20)21/h1-3,8,11,18H,4-6H2,(H,16,19)(H,20,21). The van der Waals surface area contributed by atoms with Crippen LogP contribution >= 0.6 is 23.2 Å². The maximum atomic E-state index is 12.0. The lowest BCUT2D eigenvalue weighted by Gasteiger charge is -2.20. The van der Waals surface area contributed by atoms with E-state index in [-0.39, 0.29) is 19.5 Å². The molecule has 1 saturated heterocycles. The van der Waals surface area contributed by atoms with Crippen molar-refractivity contribution >= 4 is 40.8 Å². The second-order valence-corrected chi connectivity index (χ2v) is 5.69. The lowest BCUT2D eigenvalue weighted by atomic mass is 10.2.